The quantitative estimate of drug-likeness (QED) is 0.806. The lowest BCUT2D eigenvalue weighted by molar-refractivity contribution is 0.0943. The summed E-state index contributed by atoms with van der Waals surface area (Å²) in [6.07, 6.45) is 0. The number of hydrogen-bond acceptors (Lipinski definition) is 4. The first-order valence-corrected chi connectivity index (χ1v) is 7.72. The maximum Gasteiger partial charge on any atom is 0.276 e. The lowest BCUT2D eigenvalue weighted by Crippen LogP contribution is -2.31. The molecule has 0 aliphatic rings. The number of nitrogens with one attached hydrogen (secondary N) is 1. The van der Waals surface area contributed by atoms with Crippen molar-refractivity contribution in [3.05, 3.63) is 62.1 Å². The van der Waals surface area contributed by atoms with Gasteiger partial charge in [-0.15, -0.1) is 11.3 Å². The maximum absolute atomic E-state index is 12.5. The zero-order chi connectivity index (χ0) is 15.7. The third-order valence-corrected chi connectivity index (χ3v) is 4.31. The maximum atomic E-state index is 12.5. The van der Waals surface area contributed by atoms with Gasteiger partial charge in [-0.2, -0.15) is 5.10 Å². The van der Waals surface area contributed by atoms with E-state index < -0.39 is 5.91 Å². The number of carbonyl (C=O) groups excluding carboxylic acids is 1. The van der Waals surface area contributed by atoms with Crippen LogP contribution in [0.1, 0.15) is 20.9 Å². The lowest BCUT2D eigenvalue weighted by Gasteiger charge is -2.08. The van der Waals surface area contributed by atoms with Crippen LogP contribution in [0.2, 0.25) is 0 Å². The molecule has 6 heteroatoms. The van der Waals surface area contributed by atoms with Crippen molar-refractivity contribution in [2.24, 2.45) is 7.05 Å². The smallest absolute Gasteiger partial charge is 0.276 e. The van der Waals surface area contributed by atoms with E-state index in [0.29, 0.717) is 17.4 Å². The molecule has 2 heterocycles. The van der Waals surface area contributed by atoms with Gasteiger partial charge in [0, 0.05) is 11.9 Å². The van der Waals surface area contributed by atoms with Crippen LogP contribution in [0.3, 0.4) is 0 Å². The Morgan fingerprint density at radius 2 is 2.18 bits per heavy atom. The molecule has 112 valence electrons. The summed E-state index contributed by atoms with van der Waals surface area (Å²) in [6.45, 7) is 2.31. The summed E-state index contributed by atoms with van der Waals surface area (Å²) in [6, 6.07) is 9.39. The van der Waals surface area contributed by atoms with Crippen LogP contribution in [0.15, 0.2) is 40.5 Å². The van der Waals surface area contributed by atoms with E-state index >= 15 is 0 Å². The van der Waals surface area contributed by atoms with Crippen molar-refractivity contribution in [3.8, 4) is 0 Å². The zero-order valence-electron chi connectivity index (χ0n) is 12.3. The number of rotatable bonds is 3. The van der Waals surface area contributed by atoms with Crippen LogP contribution in [0.4, 0.5) is 0 Å². The number of carbonyl (C=O) groups is 1. The van der Waals surface area contributed by atoms with Gasteiger partial charge in [-0.25, -0.2) is 0 Å². The van der Waals surface area contributed by atoms with Crippen molar-refractivity contribution in [1.82, 2.24) is 15.1 Å². The second-order valence-electron chi connectivity index (χ2n) is 5.08. The number of aromatic nitrogens is 2. The number of aryl methyl sites for hydroxylation is 2. The van der Waals surface area contributed by atoms with Gasteiger partial charge in [-0.1, -0.05) is 17.7 Å². The second-order valence-corrected chi connectivity index (χ2v) is 6.12. The van der Waals surface area contributed by atoms with Crippen LogP contribution in [-0.4, -0.2) is 15.7 Å². The molecule has 0 fully saturated rings. The summed E-state index contributed by atoms with van der Waals surface area (Å²) in [7, 11) is 1.73. The SMILES string of the molecule is Cc1ccc2c(c1)c(=O)c(C(=O)NCc1cccs1)nn2C. The monoisotopic (exact) mass is 313 g/mol. The minimum Gasteiger partial charge on any atom is -0.346 e. The summed E-state index contributed by atoms with van der Waals surface area (Å²) in [5.74, 6) is -0.447. The molecule has 0 bridgehead atoms. The molecule has 0 spiro atoms. The van der Waals surface area contributed by atoms with Gasteiger partial charge in [0.05, 0.1) is 17.4 Å². The Morgan fingerprint density at radius 1 is 1.36 bits per heavy atom. The normalized spacial score (nSPS) is 10.8. The highest BCUT2D eigenvalue weighted by atomic mass is 32.1. The summed E-state index contributed by atoms with van der Waals surface area (Å²) in [5, 5.41) is 9.33. The summed E-state index contributed by atoms with van der Waals surface area (Å²) >= 11 is 1.55. The predicted octanol–water partition coefficient (Wildman–Crippen LogP) is 2.23. The molecular formula is C16H15N3O2S. The minimum atomic E-state index is -0.447. The Labute approximate surface area is 131 Å². The summed E-state index contributed by atoms with van der Waals surface area (Å²) in [4.78, 5) is 25.8. The number of thiophene rings is 1. The number of nitrogens with zero attached hydrogens (tertiary/aromatic N) is 2. The van der Waals surface area contributed by atoms with Crippen molar-refractivity contribution < 1.29 is 4.79 Å². The first kappa shape index (κ1) is 14.5. The van der Waals surface area contributed by atoms with Crippen molar-refractivity contribution in [2.75, 3.05) is 0 Å². The average molecular weight is 313 g/mol. The van der Waals surface area contributed by atoms with Gasteiger partial charge < -0.3 is 5.32 Å². The summed E-state index contributed by atoms with van der Waals surface area (Å²) < 4.78 is 1.57. The van der Waals surface area contributed by atoms with Crippen molar-refractivity contribution in [1.29, 1.82) is 0 Å². The lowest BCUT2D eigenvalue weighted by atomic mass is 10.1. The van der Waals surface area contributed by atoms with Gasteiger partial charge in [0.25, 0.3) is 5.91 Å². The number of amides is 1. The molecule has 1 amide bonds. The second kappa shape index (κ2) is 5.73. The van der Waals surface area contributed by atoms with Gasteiger partial charge in [0.15, 0.2) is 5.69 Å². The van der Waals surface area contributed by atoms with E-state index in [1.54, 1.807) is 29.1 Å². The van der Waals surface area contributed by atoms with E-state index in [9.17, 15) is 9.59 Å². The molecule has 0 aliphatic carbocycles. The average Bonchev–Trinajstić information content (AvgIpc) is 3.01. The fourth-order valence-electron chi connectivity index (χ4n) is 2.30. The Kier molecular flexibility index (Phi) is 3.77. The standard InChI is InChI=1S/C16H15N3O2S/c1-10-5-6-13-12(8-10)15(20)14(18-19(13)2)16(21)17-9-11-4-3-7-22-11/h3-8H,9H2,1-2H3,(H,17,21). The fraction of sp³-hybridized carbons (Fsp3) is 0.188. The molecule has 2 aromatic heterocycles. The van der Waals surface area contributed by atoms with Crippen molar-refractivity contribution >= 4 is 28.1 Å². The van der Waals surface area contributed by atoms with Gasteiger partial charge in [-0.05, 0) is 30.5 Å². The molecule has 1 N–H and O–H groups in total. The molecule has 0 aliphatic heterocycles. The third-order valence-electron chi connectivity index (χ3n) is 3.43. The highest BCUT2D eigenvalue weighted by Gasteiger charge is 2.16. The Bertz CT molecular complexity index is 898. The number of fused-ring (bicyclic) bond motifs is 1. The molecule has 3 rings (SSSR count). The van der Waals surface area contributed by atoms with E-state index in [1.165, 1.54) is 0 Å². The minimum absolute atomic E-state index is 0.0721. The van der Waals surface area contributed by atoms with E-state index in [1.807, 2.05) is 36.6 Å². The molecule has 0 radical (unpaired) electrons. The van der Waals surface area contributed by atoms with Crippen molar-refractivity contribution in [3.63, 3.8) is 0 Å². The van der Waals surface area contributed by atoms with E-state index in [0.717, 1.165) is 10.4 Å². The molecule has 5 nitrogen and oxygen atoms in total. The molecule has 0 unspecified atom stereocenters. The topological polar surface area (TPSA) is 64.0 Å². The van der Waals surface area contributed by atoms with Crippen LogP contribution >= 0.6 is 11.3 Å². The Morgan fingerprint density at radius 3 is 2.91 bits per heavy atom. The first-order valence-electron chi connectivity index (χ1n) is 6.84. The molecule has 0 atom stereocenters. The zero-order valence-corrected chi connectivity index (χ0v) is 13.1. The highest BCUT2D eigenvalue weighted by molar-refractivity contribution is 7.09. The van der Waals surface area contributed by atoms with E-state index in [2.05, 4.69) is 10.4 Å². The van der Waals surface area contributed by atoms with Crippen molar-refractivity contribution in [2.45, 2.75) is 13.5 Å². The van der Waals surface area contributed by atoms with Crippen LogP contribution in [0.5, 0.6) is 0 Å². The number of benzene rings is 1. The number of hydrogen-bond donors (Lipinski definition) is 1. The molecule has 0 saturated heterocycles. The van der Waals surface area contributed by atoms with Crippen LogP contribution in [0.25, 0.3) is 10.9 Å². The van der Waals surface area contributed by atoms with Gasteiger partial charge in [0.1, 0.15) is 0 Å². The molecular weight excluding hydrogens is 298 g/mol. The Hall–Kier alpha value is -2.47. The highest BCUT2D eigenvalue weighted by Crippen LogP contribution is 2.12. The fourth-order valence-corrected chi connectivity index (χ4v) is 2.95. The molecule has 22 heavy (non-hydrogen) atoms. The van der Waals surface area contributed by atoms with Gasteiger partial charge in [-0.3, -0.25) is 14.3 Å². The van der Waals surface area contributed by atoms with Gasteiger partial charge >= 0.3 is 0 Å². The predicted molar refractivity (Wildman–Crippen MR) is 87.2 cm³/mol. The van der Waals surface area contributed by atoms with Crippen LogP contribution in [0, 0.1) is 6.92 Å². The molecule has 1 aromatic carbocycles. The van der Waals surface area contributed by atoms with Crippen LogP contribution < -0.4 is 10.7 Å². The molecule has 3 aromatic rings. The largest absolute Gasteiger partial charge is 0.346 e. The van der Waals surface area contributed by atoms with E-state index in [4.69, 9.17) is 0 Å². The third kappa shape index (κ3) is 2.65. The molecule has 0 saturated carbocycles. The van der Waals surface area contributed by atoms with E-state index in [-0.39, 0.29) is 11.1 Å². The van der Waals surface area contributed by atoms with Crippen LogP contribution in [-0.2, 0) is 13.6 Å². The van der Waals surface area contributed by atoms with Gasteiger partial charge in [0.2, 0.25) is 5.43 Å². The first-order chi connectivity index (χ1) is 10.6. The summed E-state index contributed by atoms with van der Waals surface area (Å²) in [5.41, 5.74) is 1.28. The Balaban J connectivity index is 1.98.